The zero-order valence-electron chi connectivity index (χ0n) is 13.9. The van der Waals surface area contributed by atoms with Crippen molar-refractivity contribution in [2.75, 3.05) is 5.32 Å². The molecule has 0 aliphatic carbocycles. The Hall–Kier alpha value is -3.27. The maximum Gasteiger partial charge on any atom is 0.446 e. The SMILES string of the molecule is O=C(O)c1cn(C(=O)Nc2ccccc2SC(F)(F)F)c2ccccc2c1=O. The second-order valence-electron chi connectivity index (χ2n) is 5.54. The van der Waals surface area contributed by atoms with Crippen LogP contribution in [0.2, 0.25) is 0 Å². The summed E-state index contributed by atoms with van der Waals surface area (Å²) in [5.41, 5.74) is -5.93. The first kappa shape index (κ1) is 19.5. The Bertz CT molecular complexity index is 1140. The molecule has 1 heterocycles. The fourth-order valence-corrected chi connectivity index (χ4v) is 3.18. The van der Waals surface area contributed by atoms with Gasteiger partial charge in [-0.05, 0) is 36.0 Å². The van der Waals surface area contributed by atoms with Gasteiger partial charge in [-0.1, -0.05) is 24.3 Å². The minimum absolute atomic E-state index is 0.00417. The number of aromatic carboxylic acids is 1. The van der Waals surface area contributed by atoms with Crippen molar-refractivity contribution in [2.45, 2.75) is 10.4 Å². The molecule has 6 nitrogen and oxygen atoms in total. The second-order valence-corrected chi connectivity index (χ2v) is 6.65. The van der Waals surface area contributed by atoms with Gasteiger partial charge in [0.25, 0.3) is 0 Å². The number of nitrogens with zero attached hydrogens (tertiary/aromatic N) is 1. The van der Waals surface area contributed by atoms with Crippen LogP contribution in [0.5, 0.6) is 0 Å². The van der Waals surface area contributed by atoms with Crippen LogP contribution >= 0.6 is 11.8 Å². The van der Waals surface area contributed by atoms with Crippen LogP contribution in [0.4, 0.5) is 23.7 Å². The number of benzene rings is 2. The quantitative estimate of drug-likeness (QED) is 0.628. The molecule has 0 saturated carbocycles. The first-order chi connectivity index (χ1) is 13.2. The van der Waals surface area contributed by atoms with E-state index in [9.17, 15) is 32.7 Å². The van der Waals surface area contributed by atoms with Gasteiger partial charge < -0.3 is 10.4 Å². The van der Waals surface area contributed by atoms with E-state index in [1.807, 2.05) is 0 Å². The van der Waals surface area contributed by atoms with E-state index >= 15 is 0 Å². The number of carboxylic acid groups (broad SMARTS) is 1. The van der Waals surface area contributed by atoms with E-state index < -0.39 is 28.5 Å². The average Bonchev–Trinajstić information content (AvgIpc) is 2.62. The van der Waals surface area contributed by atoms with Crippen LogP contribution in [0.25, 0.3) is 10.9 Å². The van der Waals surface area contributed by atoms with E-state index in [0.29, 0.717) is 0 Å². The van der Waals surface area contributed by atoms with Crippen molar-refractivity contribution in [3.8, 4) is 0 Å². The van der Waals surface area contributed by atoms with E-state index in [-0.39, 0.29) is 33.2 Å². The van der Waals surface area contributed by atoms with Gasteiger partial charge in [-0.15, -0.1) is 0 Å². The molecule has 3 rings (SSSR count). The summed E-state index contributed by atoms with van der Waals surface area (Å²) in [6.07, 6.45) is 0.849. The topological polar surface area (TPSA) is 88.4 Å². The summed E-state index contributed by atoms with van der Waals surface area (Å²) in [6, 6.07) is 10.2. The van der Waals surface area contributed by atoms with Crippen LogP contribution in [-0.2, 0) is 0 Å². The molecular weight excluding hydrogens is 397 g/mol. The predicted octanol–water partition coefficient (Wildman–Crippen LogP) is 4.39. The fraction of sp³-hybridized carbons (Fsp3) is 0.0556. The maximum absolute atomic E-state index is 12.7. The molecule has 3 aromatic rings. The number of para-hydroxylation sites is 2. The first-order valence-corrected chi connectivity index (χ1v) is 8.53. The third kappa shape index (κ3) is 4.01. The zero-order chi connectivity index (χ0) is 20.5. The first-order valence-electron chi connectivity index (χ1n) is 7.71. The molecule has 0 aliphatic rings. The number of hydrogen-bond acceptors (Lipinski definition) is 4. The molecule has 0 aliphatic heterocycles. The molecule has 1 amide bonds. The highest BCUT2D eigenvalue weighted by Crippen LogP contribution is 2.40. The molecule has 0 unspecified atom stereocenters. The van der Waals surface area contributed by atoms with Gasteiger partial charge in [-0.3, -0.25) is 9.36 Å². The molecule has 0 radical (unpaired) electrons. The average molecular weight is 408 g/mol. The standard InChI is InChI=1S/C18H11F3N2O4S/c19-18(20,21)28-14-8-4-2-6-12(14)22-17(27)23-9-11(16(25)26)15(24)10-5-1-3-7-13(10)23/h1-9H,(H,22,27)(H,25,26). The van der Waals surface area contributed by atoms with Gasteiger partial charge in [0.15, 0.2) is 0 Å². The largest absolute Gasteiger partial charge is 0.477 e. The molecule has 2 aromatic carbocycles. The molecule has 0 fully saturated rings. The molecule has 28 heavy (non-hydrogen) atoms. The molecule has 144 valence electrons. The minimum atomic E-state index is -4.55. The van der Waals surface area contributed by atoms with Crippen molar-refractivity contribution < 1.29 is 27.9 Å². The zero-order valence-corrected chi connectivity index (χ0v) is 14.7. The number of anilines is 1. The highest BCUT2D eigenvalue weighted by Gasteiger charge is 2.30. The number of carbonyl (C=O) groups excluding carboxylic acids is 1. The molecule has 0 saturated heterocycles. The van der Waals surface area contributed by atoms with Crippen molar-refractivity contribution in [3.63, 3.8) is 0 Å². The number of pyridine rings is 1. The number of alkyl halides is 3. The Morgan fingerprint density at radius 3 is 2.36 bits per heavy atom. The number of amides is 1. The van der Waals surface area contributed by atoms with Crippen molar-refractivity contribution in [1.29, 1.82) is 0 Å². The molecule has 0 atom stereocenters. The van der Waals surface area contributed by atoms with Crippen LogP contribution in [0, 0.1) is 0 Å². The van der Waals surface area contributed by atoms with Crippen molar-refractivity contribution in [2.24, 2.45) is 0 Å². The lowest BCUT2D eigenvalue weighted by Gasteiger charge is -2.15. The maximum atomic E-state index is 12.7. The van der Waals surface area contributed by atoms with Gasteiger partial charge in [-0.25, -0.2) is 9.59 Å². The highest BCUT2D eigenvalue weighted by atomic mass is 32.2. The fourth-order valence-electron chi connectivity index (χ4n) is 2.56. The van der Waals surface area contributed by atoms with Crippen LogP contribution in [0.1, 0.15) is 10.4 Å². The van der Waals surface area contributed by atoms with Crippen LogP contribution in [0.15, 0.2) is 64.4 Å². The Kier molecular flexibility index (Phi) is 5.14. The molecule has 0 bridgehead atoms. The lowest BCUT2D eigenvalue weighted by molar-refractivity contribution is -0.0328. The van der Waals surface area contributed by atoms with Gasteiger partial charge in [0.1, 0.15) is 5.56 Å². The number of carbonyl (C=O) groups is 2. The number of aromatic nitrogens is 1. The summed E-state index contributed by atoms with van der Waals surface area (Å²) in [5, 5.41) is 11.6. The van der Waals surface area contributed by atoms with Gasteiger partial charge >= 0.3 is 17.5 Å². The summed E-state index contributed by atoms with van der Waals surface area (Å²) in [7, 11) is 0. The number of carboxylic acids is 1. The van der Waals surface area contributed by atoms with Gasteiger partial charge in [0, 0.05) is 16.5 Å². The van der Waals surface area contributed by atoms with E-state index in [0.717, 1.165) is 10.8 Å². The Morgan fingerprint density at radius 2 is 1.68 bits per heavy atom. The summed E-state index contributed by atoms with van der Waals surface area (Å²) in [5.74, 6) is -1.52. The molecule has 0 spiro atoms. The number of nitrogens with one attached hydrogen (secondary N) is 1. The molecule has 1 aromatic heterocycles. The summed E-state index contributed by atoms with van der Waals surface area (Å²) in [6.45, 7) is 0. The predicted molar refractivity (Wildman–Crippen MR) is 97.9 cm³/mol. The number of fused-ring (bicyclic) bond motifs is 1. The Balaban J connectivity index is 2.08. The van der Waals surface area contributed by atoms with Crippen LogP contribution in [-0.4, -0.2) is 27.2 Å². The van der Waals surface area contributed by atoms with Crippen molar-refractivity contribution in [1.82, 2.24) is 4.57 Å². The monoisotopic (exact) mass is 408 g/mol. The number of hydrogen-bond donors (Lipinski definition) is 2. The third-order valence-electron chi connectivity index (χ3n) is 3.71. The lowest BCUT2D eigenvalue weighted by Crippen LogP contribution is -2.26. The highest BCUT2D eigenvalue weighted by molar-refractivity contribution is 8.00. The van der Waals surface area contributed by atoms with E-state index in [4.69, 9.17) is 0 Å². The lowest BCUT2D eigenvalue weighted by atomic mass is 10.1. The Labute approximate surface area is 159 Å². The number of thioether (sulfide) groups is 1. The second kappa shape index (κ2) is 7.39. The minimum Gasteiger partial charge on any atom is -0.477 e. The van der Waals surface area contributed by atoms with Crippen molar-refractivity contribution in [3.05, 3.63) is 70.5 Å². The van der Waals surface area contributed by atoms with Crippen LogP contribution in [0.3, 0.4) is 0 Å². The van der Waals surface area contributed by atoms with Crippen molar-refractivity contribution >= 4 is 40.4 Å². The van der Waals surface area contributed by atoms with E-state index in [2.05, 4.69) is 5.32 Å². The summed E-state index contributed by atoms with van der Waals surface area (Å²) < 4.78 is 39.0. The van der Waals surface area contributed by atoms with Gasteiger partial charge in [-0.2, -0.15) is 13.2 Å². The van der Waals surface area contributed by atoms with E-state index in [1.54, 1.807) is 6.07 Å². The smallest absolute Gasteiger partial charge is 0.446 e. The van der Waals surface area contributed by atoms with Gasteiger partial charge in [0.2, 0.25) is 5.43 Å². The Morgan fingerprint density at radius 1 is 1.04 bits per heavy atom. The van der Waals surface area contributed by atoms with Gasteiger partial charge in [0.05, 0.1) is 11.2 Å². The number of halogens is 3. The summed E-state index contributed by atoms with van der Waals surface area (Å²) >= 11 is -0.389. The number of rotatable bonds is 3. The molecule has 2 N–H and O–H groups in total. The molecular formula is C18H11F3N2O4S. The third-order valence-corrected chi connectivity index (χ3v) is 4.52. The van der Waals surface area contributed by atoms with Crippen LogP contribution < -0.4 is 10.7 Å². The summed E-state index contributed by atoms with van der Waals surface area (Å²) in [4.78, 5) is 36.1. The normalized spacial score (nSPS) is 11.4. The van der Waals surface area contributed by atoms with E-state index in [1.165, 1.54) is 42.5 Å². The molecule has 10 heteroatoms.